The third kappa shape index (κ3) is 3.82. The molecule has 6 nitrogen and oxygen atoms in total. The zero-order valence-corrected chi connectivity index (χ0v) is 12.4. The number of ether oxygens (including phenoxy) is 1. The van der Waals surface area contributed by atoms with Gasteiger partial charge in [0.1, 0.15) is 17.3 Å². The molecule has 2 N–H and O–H groups in total. The van der Waals surface area contributed by atoms with Crippen molar-refractivity contribution >= 4 is 29.0 Å². The molecule has 2 aromatic rings. The van der Waals surface area contributed by atoms with E-state index in [1.54, 1.807) is 24.4 Å². The van der Waals surface area contributed by atoms with Crippen molar-refractivity contribution in [3.8, 4) is 5.75 Å². The van der Waals surface area contributed by atoms with Gasteiger partial charge in [0, 0.05) is 12.2 Å². The Labute approximate surface area is 127 Å². The minimum atomic E-state index is -0.358. The summed E-state index contributed by atoms with van der Waals surface area (Å²) in [5.74, 6) is 0.741. The molecule has 2 rings (SSSR count). The fraction of sp³-hybridized carbons (Fsp3) is 0.214. The summed E-state index contributed by atoms with van der Waals surface area (Å²) in [6, 6.07) is 4.99. The molecular formula is C14H15ClN4O2. The fourth-order valence-corrected chi connectivity index (χ4v) is 1.94. The lowest BCUT2D eigenvalue weighted by Gasteiger charge is -2.08. The first kappa shape index (κ1) is 15.1. The number of hydrogen-bond acceptors (Lipinski definition) is 5. The average Bonchev–Trinajstić information content (AvgIpc) is 2.48. The molecular weight excluding hydrogens is 292 g/mol. The van der Waals surface area contributed by atoms with Crippen LogP contribution in [0.25, 0.3) is 0 Å². The second kappa shape index (κ2) is 6.90. The maximum Gasteiger partial charge on any atom is 0.275 e. The van der Waals surface area contributed by atoms with Crippen molar-refractivity contribution in [3.05, 3.63) is 41.3 Å². The SMILES string of the molecule is CCNc1cncc(C(=O)Nc2ccc(OC)c(Cl)c2)n1. The van der Waals surface area contributed by atoms with Crippen molar-refractivity contribution in [1.29, 1.82) is 0 Å². The molecule has 0 atom stereocenters. The number of aromatic nitrogens is 2. The molecule has 0 radical (unpaired) electrons. The van der Waals surface area contributed by atoms with E-state index in [4.69, 9.17) is 16.3 Å². The van der Waals surface area contributed by atoms with Gasteiger partial charge < -0.3 is 15.4 Å². The van der Waals surface area contributed by atoms with Gasteiger partial charge in [-0.05, 0) is 25.1 Å². The predicted molar refractivity (Wildman–Crippen MR) is 82.2 cm³/mol. The number of nitrogens with one attached hydrogen (secondary N) is 2. The van der Waals surface area contributed by atoms with E-state index in [1.165, 1.54) is 13.3 Å². The van der Waals surface area contributed by atoms with Crippen LogP contribution in [-0.2, 0) is 0 Å². The molecule has 0 bridgehead atoms. The number of methoxy groups -OCH3 is 1. The van der Waals surface area contributed by atoms with Crippen LogP contribution in [0.4, 0.5) is 11.5 Å². The first-order valence-corrected chi connectivity index (χ1v) is 6.72. The highest BCUT2D eigenvalue weighted by Gasteiger charge is 2.10. The average molecular weight is 307 g/mol. The van der Waals surface area contributed by atoms with E-state index >= 15 is 0 Å². The second-order valence-corrected chi connectivity index (χ2v) is 4.53. The number of carbonyl (C=O) groups excluding carboxylic acids is 1. The Morgan fingerprint density at radius 1 is 1.38 bits per heavy atom. The van der Waals surface area contributed by atoms with Crippen molar-refractivity contribution in [2.75, 3.05) is 24.3 Å². The van der Waals surface area contributed by atoms with Crippen molar-refractivity contribution in [1.82, 2.24) is 9.97 Å². The van der Waals surface area contributed by atoms with Gasteiger partial charge in [0.2, 0.25) is 0 Å². The molecule has 0 saturated heterocycles. The minimum Gasteiger partial charge on any atom is -0.495 e. The van der Waals surface area contributed by atoms with E-state index in [0.717, 1.165) is 0 Å². The van der Waals surface area contributed by atoms with Crippen LogP contribution < -0.4 is 15.4 Å². The van der Waals surface area contributed by atoms with Gasteiger partial charge in [-0.3, -0.25) is 9.78 Å². The van der Waals surface area contributed by atoms with E-state index in [0.29, 0.717) is 28.8 Å². The normalized spacial score (nSPS) is 10.0. The molecule has 1 heterocycles. The highest BCUT2D eigenvalue weighted by atomic mass is 35.5. The third-order valence-corrected chi connectivity index (χ3v) is 2.93. The number of benzene rings is 1. The molecule has 1 aromatic carbocycles. The quantitative estimate of drug-likeness (QED) is 0.888. The third-order valence-electron chi connectivity index (χ3n) is 2.63. The first-order chi connectivity index (χ1) is 10.1. The van der Waals surface area contributed by atoms with Crippen LogP contribution in [-0.4, -0.2) is 29.5 Å². The van der Waals surface area contributed by atoms with Crippen molar-refractivity contribution in [2.45, 2.75) is 6.92 Å². The largest absolute Gasteiger partial charge is 0.495 e. The number of amides is 1. The van der Waals surface area contributed by atoms with Crippen molar-refractivity contribution < 1.29 is 9.53 Å². The van der Waals surface area contributed by atoms with Crippen LogP contribution in [0.5, 0.6) is 5.75 Å². The summed E-state index contributed by atoms with van der Waals surface area (Å²) >= 11 is 6.01. The standard InChI is InChI=1S/C14H15ClN4O2/c1-3-17-13-8-16-7-11(19-13)14(20)18-9-4-5-12(21-2)10(15)6-9/h4-8H,3H2,1-2H3,(H,17,19)(H,18,20). The number of rotatable bonds is 5. The maximum absolute atomic E-state index is 12.1. The van der Waals surface area contributed by atoms with E-state index in [-0.39, 0.29) is 11.6 Å². The highest BCUT2D eigenvalue weighted by molar-refractivity contribution is 6.32. The smallest absolute Gasteiger partial charge is 0.275 e. The molecule has 1 amide bonds. The van der Waals surface area contributed by atoms with Gasteiger partial charge in [-0.1, -0.05) is 11.6 Å². The van der Waals surface area contributed by atoms with Crippen LogP contribution in [0.2, 0.25) is 5.02 Å². The molecule has 21 heavy (non-hydrogen) atoms. The monoisotopic (exact) mass is 306 g/mol. The Bertz CT molecular complexity index is 649. The topological polar surface area (TPSA) is 76.1 Å². The summed E-state index contributed by atoms with van der Waals surface area (Å²) < 4.78 is 5.06. The summed E-state index contributed by atoms with van der Waals surface area (Å²) in [5, 5.41) is 6.13. The van der Waals surface area contributed by atoms with Gasteiger partial charge in [-0.25, -0.2) is 4.98 Å². The Morgan fingerprint density at radius 3 is 2.86 bits per heavy atom. The Balaban J connectivity index is 2.14. The molecule has 1 aromatic heterocycles. The van der Waals surface area contributed by atoms with Crippen LogP contribution in [0, 0.1) is 0 Å². The van der Waals surface area contributed by atoms with Gasteiger partial charge in [-0.2, -0.15) is 0 Å². The zero-order valence-electron chi connectivity index (χ0n) is 11.7. The van der Waals surface area contributed by atoms with Crippen molar-refractivity contribution in [3.63, 3.8) is 0 Å². The van der Waals surface area contributed by atoms with E-state index < -0.39 is 0 Å². The summed E-state index contributed by atoms with van der Waals surface area (Å²) in [6.07, 6.45) is 2.96. The van der Waals surface area contributed by atoms with E-state index in [1.807, 2.05) is 6.92 Å². The highest BCUT2D eigenvalue weighted by Crippen LogP contribution is 2.27. The summed E-state index contributed by atoms with van der Waals surface area (Å²) in [7, 11) is 1.53. The van der Waals surface area contributed by atoms with Crippen LogP contribution >= 0.6 is 11.6 Å². The summed E-state index contributed by atoms with van der Waals surface area (Å²) in [5.41, 5.74) is 0.779. The lowest BCUT2D eigenvalue weighted by molar-refractivity contribution is 0.102. The molecule has 0 aliphatic rings. The van der Waals surface area contributed by atoms with Gasteiger partial charge in [0.15, 0.2) is 0 Å². The fourth-order valence-electron chi connectivity index (χ4n) is 1.68. The number of halogens is 1. The molecule has 0 saturated carbocycles. The molecule has 110 valence electrons. The molecule has 0 spiro atoms. The lowest BCUT2D eigenvalue weighted by atomic mass is 10.3. The molecule has 0 aliphatic heterocycles. The second-order valence-electron chi connectivity index (χ2n) is 4.12. The Kier molecular flexibility index (Phi) is 4.94. The minimum absolute atomic E-state index is 0.223. The summed E-state index contributed by atoms with van der Waals surface area (Å²) in [6.45, 7) is 2.64. The van der Waals surface area contributed by atoms with Gasteiger partial charge in [-0.15, -0.1) is 0 Å². The Morgan fingerprint density at radius 2 is 2.19 bits per heavy atom. The maximum atomic E-state index is 12.1. The van der Waals surface area contributed by atoms with Crippen LogP contribution in [0.3, 0.4) is 0 Å². The van der Waals surface area contributed by atoms with E-state index in [9.17, 15) is 4.79 Å². The molecule has 7 heteroatoms. The lowest BCUT2D eigenvalue weighted by Crippen LogP contribution is -2.15. The van der Waals surface area contributed by atoms with E-state index in [2.05, 4.69) is 20.6 Å². The Hall–Kier alpha value is -2.34. The number of carbonyl (C=O) groups is 1. The van der Waals surface area contributed by atoms with Gasteiger partial charge in [0.05, 0.1) is 24.5 Å². The van der Waals surface area contributed by atoms with Crippen LogP contribution in [0.15, 0.2) is 30.6 Å². The number of nitrogens with zero attached hydrogens (tertiary/aromatic N) is 2. The number of anilines is 2. The first-order valence-electron chi connectivity index (χ1n) is 6.35. The van der Waals surface area contributed by atoms with Crippen molar-refractivity contribution in [2.24, 2.45) is 0 Å². The molecule has 0 fully saturated rings. The summed E-state index contributed by atoms with van der Waals surface area (Å²) in [4.78, 5) is 20.3. The predicted octanol–water partition coefficient (Wildman–Crippen LogP) is 2.82. The van der Waals surface area contributed by atoms with Gasteiger partial charge in [0.25, 0.3) is 5.91 Å². The zero-order chi connectivity index (χ0) is 15.2. The number of hydrogen-bond donors (Lipinski definition) is 2. The van der Waals surface area contributed by atoms with Gasteiger partial charge >= 0.3 is 0 Å². The van der Waals surface area contributed by atoms with Crippen LogP contribution in [0.1, 0.15) is 17.4 Å². The molecule has 0 unspecified atom stereocenters. The molecule has 0 aliphatic carbocycles.